The molecule has 1 saturated heterocycles. The van der Waals surface area contributed by atoms with Gasteiger partial charge in [0.1, 0.15) is 11.3 Å². The fraction of sp³-hybridized carbons (Fsp3) is 0.533. The third kappa shape index (κ3) is 1.81. The molecule has 5 nitrogen and oxygen atoms in total. The van der Waals surface area contributed by atoms with Gasteiger partial charge in [0, 0.05) is 37.7 Å². The van der Waals surface area contributed by atoms with E-state index in [1.165, 1.54) is 0 Å². The number of fused-ring (bicyclic) bond motifs is 1. The summed E-state index contributed by atoms with van der Waals surface area (Å²) in [7, 11) is 0. The van der Waals surface area contributed by atoms with E-state index in [1.54, 1.807) is 0 Å². The molecule has 1 aromatic rings. The van der Waals surface area contributed by atoms with Crippen LogP contribution in [0.25, 0.3) is 0 Å². The average Bonchev–Trinajstić information content (AvgIpc) is 2.48. The van der Waals surface area contributed by atoms with Crippen molar-refractivity contribution in [1.29, 1.82) is 0 Å². The third-order valence-electron chi connectivity index (χ3n) is 4.49. The predicted octanol–water partition coefficient (Wildman–Crippen LogP) is 0.301. The molecular formula is C15H21N3O2. The second kappa shape index (κ2) is 5.07. The fourth-order valence-electron chi connectivity index (χ4n) is 3.54. The van der Waals surface area contributed by atoms with Crippen LogP contribution >= 0.6 is 0 Å². The molecular weight excluding hydrogens is 254 g/mol. The number of primary amides is 1. The van der Waals surface area contributed by atoms with E-state index in [2.05, 4.69) is 10.2 Å². The molecule has 5 heteroatoms. The van der Waals surface area contributed by atoms with E-state index >= 15 is 0 Å². The summed E-state index contributed by atoms with van der Waals surface area (Å²) in [5.74, 6) is 0.540. The van der Waals surface area contributed by atoms with E-state index in [0.717, 1.165) is 37.5 Å². The number of amides is 1. The molecule has 20 heavy (non-hydrogen) atoms. The molecule has 0 bridgehead atoms. The Labute approximate surface area is 119 Å². The molecule has 1 amide bonds. The van der Waals surface area contributed by atoms with Crippen LogP contribution in [0.1, 0.15) is 12.5 Å². The highest BCUT2D eigenvalue weighted by atomic mass is 16.5. The zero-order valence-electron chi connectivity index (χ0n) is 11.8. The minimum absolute atomic E-state index is 0.0352. The molecule has 108 valence electrons. The van der Waals surface area contributed by atoms with Gasteiger partial charge < -0.3 is 15.8 Å². The molecule has 0 aliphatic carbocycles. The minimum atomic E-state index is -0.753. The summed E-state index contributed by atoms with van der Waals surface area (Å²) in [5.41, 5.74) is 6.04. The predicted molar refractivity (Wildman–Crippen MR) is 76.4 cm³/mol. The van der Waals surface area contributed by atoms with Crippen LogP contribution in [0.3, 0.4) is 0 Å². The van der Waals surface area contributed by atoms with Gasteiger partial charge in [-0.15, -0.1) is 0 Å². The molecule has 2 aliphatic heterocycles. The maximum Gasteiger partial charge on any atom is 0.243 e. The highest BCUT2D eigenvalue weighted by Crippen LogP contribution is 2.44. The lowest BCUT2D eigenvalue weighted by Crippen LogP contribution is -2.65. The Morgan fingerprint density at radius 1 is 1.40 bits per heavy atom. The number of ether oxygens (including phenoxy) is 1. The Morgan fingerprint density at radius 2 is 2.10 bits per heavy atom. The first kappa shape index (κ1) is 13.4. The van der Waals surface area contributed by atoms with E-state index in [0.29, 0.717) is 6.61 Å². The summed E-state index contributed by atoms with van der Waals surface area (Å²) in [6.07, 6.45) is 0. The molecule has 2 aliphatic rings. The first-order valence-electron chi connectivity index (χ1n) is 7.15. The number of benzene rings is 1. The average molecular weight is 275 g/mol. The van der Waals surface area contributed by atoms with Gasteiger partial charge in [0.15, 0.2) is 0 Å². The normalized spacial score (nSPS) is 30.4. The van der Waals surface area contributed by atoms with Crippen LogP contribution < -0.4 is 15.8 Å². The minimum Gasteiger partial charge on any atom is -0.493 e. The Kier molecular flexibility index (Phi) is 3.40. The van der Waals surface area contributed by atoms with Crippen LogP contribution in [-0.2, 0) is 10.3 Å². The lowest BCUT2D eigenvalue weighted by molar-refractivity contribution is -0.138. The summed E-state index contributed by atoms with van der Waals surface area (Å²) in [5, 5.41) is 3.32. The summed E-state index contributed by atoms with van der Waals surface area (Å²) < 4.78 is 5.78. The summed E-state index contributed by atoms with van der Waals surface area (Å²) >= 11 is 0. The zero-order valence-corrected chi connectivity index (χ0v) is 11.8. The van der Waals surface area contributed by atoms with E-state index < -0.39 is 5.54 Å². The van der Waals surface area contributed by atoms with Crippen LogP contribution in [0, 0.1) is 5.92 Å². The van der Waals surface area contributed by atoms with Crippen LogP contribution in [0.15, 0.2) is 24.3 Å². The second-order valence-corrected chi connectivity index (χ2v) is 5.58. The van der Waals surface area contributed by atoms with Crippen LogP contribution in [0.5, 0.6) is 5.75 Å². The standard InChI is InChI=1S/C15H21N3O2/c1-11-10-20-13-5-3-2-4-12(13)15(11,14(16)19)18-8-6-17-7-9-18/h2-5,11,17H,6-10H2,1H3,(H2,16,19). The lowest BCUT2D eigenvalue weighted by atomic mass is 9.74. The number of hydrogen-bond acceptors (Lipinski definition) is 4. The molecule has 1 aromatic carbocycles. The van der Waals surface area contributed by atoms with Gasteiger partial charge in [-0.2, -0.15) is 0 Å². The molecule has 3 rings (SSSR count). The number of rotatable bonds is 2. The highest BCUT2D eigenvalue weighted by molar-refractivity contribution is 5.88. The molecule has 3 N–H and O–H groups in total. The van der Waals surface area contributed by atoms with E-state index in [1.807, 2.05) is 31.2 Å². The van der Waals surface area contributed by atoms with Crippen LogP contribution in [-0.4, -0.2) is 43.6 Å². The number of nitrogens with two attached hydrogens (primary N) is 1. The molecule has 2 unspecified atom stereocenters. The fourth-order valence-corrected chi connectivity index (χ4v) is 3.54. The molecule has 2 heterocycles. The number of carbonyl (C=O) groups is 1. The maximum atomic E-state index is 12.5. The number of nitrogens with one attached hydrogen (secondary N) is 1. The van der Waals surface area contributed by atoms with Crippen molar-refractivity contribution in [1.82, 2.24) is 10.2 Å². The smallest absolute Gasteiger partial charge is 0.243 e. The quantitative estimate of drug-likeness (QED) is 0.814. The van der Waals surface area contributed by atoms with Crippen molar-refractivity contribution in [3.05, 3.63) is 29.8 Å². The SMILES string of the molecule is CC1COc2ccccc2C1(C(N)=O)N1CCNCC1. The van der Waals surface area contributed by atoms with Gasteiger partial charge in [-0.05, 0) is 6.07 Å². The summed E-state index contributed by atoms with van der Waals surface area (Å²) in [4.78, 5) is 14.7. The van der Waals surface area contributed by atoms with Crippen molar-refractivity contribution in [2.24, 2.45) is 11.7 Å². The van der Waals surface area contributed by atoms with Crippen molar-refractivity contribution in [3.8, 4) is 5.75 Å². The van der Waals surface area contributed by atoms with Gasteiger partial charge in [-0.3, -0.25) is 9.69 Å². The molecule has 0 aromatic heterocycles. The number of carbonyl (C=O) groups excluding carboxylic acids is 1. The van der Waals surface area contributed by atoms with Crippen LogP contribution in [0.2, 0.25) is 0 Å². The van der Waals surface area contributed by atoms with Gasteiger partial charge in [0.05, 0.1) is 6.61 Å². The molecule has 0 saturated carbocycles. The number of nitrogens with zero attached hydrogens (tertiary/aromatic N) is 1. The van der Waals surface area contributed by atoms with Crippen molar-refractivity contribution < 1.29 is 9.53 Å². The molecule has 1 fully saturated rings. The van der Waals surface area contributed by atoms with Crippen molar-refractivity contribution in [2.75, 3.05) is 32.8 Å². The number of para-hydroxylation sites is 1. The van der Waals surface area contributed by atoms with Gasteiger partial charge in [-0.25, -0.2) is 0 Å². The monoisotopic (exact) mass is 275 g/mol. The van der Waals surface area contributed by atoms with Gasteiger partial charge in [0.2, 0.25) is 5.91 Å². The zero-order chi connectivity index (χ0) is 14.2. The lowest BCUT2D eigenvalue weighted by Gasteiger charge is -2.49. The third-order valence-corrected chi connectivity index (χ3v) is 4.49. The van der Waals surface area contributed by atoms with Crippen molar-refractivity contribution in [3.63, 3.8) is 0 Å². The molecule has 0 spiro atoms. The molecule has 2 atom stereocenters. The Bertz CT molecular complexity index is 514. The number of piperazine rings is 1. The molecule has 0 radical (unpaired) electrons. The van der Waals surface area contributed by atoms with E-state index in [4.69, 9.17) is 10.5 Å². The Hall–Kier alpha value is -1.59. The van der Waals surface area contributed by atoms with Crippen molar-refractivity contribution >= 4 is 5.91 Å². The van der Waals surface area contributed by atoms with Gasteiger partial charge in [-0.1, -0.05) is 25.1 Å². The number of hydrogen-bond donors (Lipinski definition) is 2. The maximum absolute atomic E-state index is 12.5. The first-order chi connectivity index (χ1) is 9.67. The second-order valence-electron chi connectivity index (χ2n) is 5.58. The largest absolute Gasteiger partial charge is 0.493 e. The van der Waals surface area contributed by atoms with Gasteiger partial charge >= 0.3 is 0 Å². The Morgan fingerprint density at radius 3 is 2.80 bits per heavy atom. The summed E-state index contributed by atoms with van der Waals surface area (Å²) in [6, 6.07) is 7.76. The topological polar surface area (TPSA) is 67.6 Å². The Balaban J connectivity index is 2.15. The van der Waals surface area contributed by atoms with Crippen molar-refractivity contribution in [2.45, 2.75) is 12.5 Å². The van der Waals surface area contributed by atoms with Crippen LogP contribution in [0.4, 0.5) is 0 Å². The first-order valence-corrected chi connectivity index (χ1v) is 7.15. The van der Waals surface area contributed by atoms with Gasteiger partial charge in [0.25, 0.3) is 0 Å². The highest BCUT2D eigenvalue weighted by Gasteiger charge is 2.52. The summed E-state index contributed by atoms with van der Waals surface area (Å²) in [6.45, 7) is 5.96. The van der Waals surface area contributed by atoms with E-state index in [-0.39, 0.29) is 11.8 Å². The van der Waals surface area contributed by atoms with E-state index in [9.17, 15) is 4.79 Å².